The maximum Gasteiger partial charge on any atom is 0.131 e. The van der Waals surface area contributed by atoms with Crippen molar-refractivity contribution >= 4 is 5.71 Å². The second kappa shape index (κ2) is 6.65. The Hall–Kier alpha value is -2.43. The number of ether oxygens (including phenoxy) is 1. The molecule has 5 heteroatoms. The minimum atomic E-state index is -0.390. The molecule has 2 aromatic rings. The van der Waals surface area contributed by atoms with Crippen molar-refractivity contribution in [3.63, 3.8) is 0 Å². The molecule has 1 aromatic carbocycles. The number of aromatic nitrogens is 1. The zero-order valence-corrected chi connectivity index (χ0v) is 11.1. The molecular weight excluding hydrogens is 259 g/mol. The van der Waals surface area contributed by atoms with Crippen LogP contribution in [0.1, 0.15) is 18.1 Å². The van der Waals surface area contributed by atoms with Crippen molar-refractivity contribution in [1.82, 2.24) is 4.98 Å². The smallest absolute Gasteiger partial charge is 0.131 e. The van der Waals surface area contributed by atoms with Crippen molar-refractivity contribution < 1.29 is 14.3 Å². The Morgan fingerprint density at radius 3 is 2.75 bits per heavy atom. The number of halogens is 1. The monoisotopic (exact) mass is 274 g/mol. The van der Waals surface area contributed by atoms with E-state index in [1.807, 2.05) is 12.1 Å². The van der Waals surface area contributed by atoms with Crippen molar-refractivity contribution in [2.45, 2.75) is 13.3 Å². The highest BCUT2D eigenvalue weighted by atomic mass is 19.1. The van der Waals surface area contributed by atoms with Crippen LogP contribution in [-0.2, 0) is 6.42 Å². The topological polar surface area (TPSA) is 54.7 Å². The van der Waals surface area contributed by atoms with Crippen LogP contribution < -0.4 is 4.74 Å². The van der Waals surface area contributed by atoms with Gasteiger partial charge in [-0.3, -0.25) is 4.98 Å². The molecule has 104 valence electrons. The molecule has 0 fully saturated rings. The summed E-state index contributed by atoms with van der Waals surface area (Å²) >= 11 is 0. The van der Waals surface area contributed by atoms with Gasteiger partial charge in [0.2, 0.25) is 0 Å². The SMILES string of the molecule is CC(=NO)c1ccc(F)cc1OCCc1ccncc1. The van der Waals surface area contributed by atoms with Gasteiger partial charge in [-0.15, -0.1) is 0 Å². The van der Waals surface area contributed by atoms with Gasteiger partial charge in [0.05, 0.1) is 12.3 Å². The lowest BCUT2D eigenvalue weighted by atomic mass is 10.1. The van der Waals surface area contributed by atoms with E-state index in [0.29, 0.717) is 30.1 Å². The van der Waals surface area contributed by atoms with E-state index in [1.165, 1.54) is 18.2 Å². The molecule has 4 nitrogen and oxygen atoms in total. The van der Waals surface area contributed by atoms with Crippen LogP contribution in [0.2, 0.25) is 0 Å². The molecule has 0 aliphatic carbocycles. The Labute approximate surface area is 116 Å². The second-order valence-corrected chi connectivity index (χ2v) is 4.28. The van der Waals surface area contributed by atoms with Crippen molar-refractivity contribution in [1.29, 1.82) is 0 Å². The van der Waals surface area contributed by atoms with E-state index in [4.69, 9.17) is 9.94 Å². The molecule has 0 bridgehead atoms. The molecule has 0 spiro atoms. The molecule has 20 heavy (non-hydrogen) atoms. The van der Waals surface area contributed by atoms with Gasteiger partial charge < -0.3 is 9.94 Å². The summed E-state index contributed by atoms with van der Waals surface area (Å²) in [5.41, 5.74) is 2.04. The number of hydrogen-bond donors (Lipinski definition) is 1. The molecule has 2 rings (SSSR count). The third-order valence-corrected chi connectivity index (χ3v) is 2.88. The van der Waals surface area contributed by atoms with Gasteiger partial charge in [0.25, 0.3) is 0 Å². The normalized spacial score (nSPS) is 11.4. The molecule has 0 aliphatic rings. The lowest BCUT2D eigenvalue weighted by molar-refractivity contribution is 0.313. The van der Waals surface area contributed by atoms with Gasteiger partial charge in [0, 0.05) is 30.4 Å². The van der Waals surface area contributed by atoms with Crippen LogP contribution in [0.5, 0.6) is 5.75 Å². The number of hydrogen-bond acceptors (Lipinski definition) is 4. The van der Waals surface area contributed by atoms with Gasteiger partial charge in [-0.1, -0.05) is 5.16 Å². The first kappa shape index (κ1) is 14.0. The largest absolute Gasteiger partial charge is 0.492 e. The van der Waals surface area contributed by atoms with E-state index in [1.54, 1.807) is 19.3 Å². The van der Waals surface area contributed by atoms with E-state index in [2.05, 4.69) is 10.1 Å². The number of rotatable bonds is 5. The lowest BCUT2D eigenvalue weighted by Crippen LogP contribution is -2.06. The molecule has 0 atom stereocenters. The molecule has 0 saturated carbocycles. The van der Waals surface area contributed by atoms with Crippen LogP contribution in [0, 0.1) is 5.82 Å². The maximum atomic E-state index is 13.3. The zero-order chi connectivity index (χ0) is 14.4. The number of pyridine rings is 1. The fraction of sp³-hybridized carbons (Fsp3) is 0.200. The first-order valence-corrected chi connectivity index (χ1v) is 6.21. The first-order chi connectivity index (χ1) is 9.70. The predicted molar refractivity (Wildman–Crippen MR) is 73.8 cm³/mol. The Kier molecular flexibility index (Phi) is 4.65. The second-order valence-electron chi connectivity index (χ2n) is 4.28. The van der Waals surface area contributed by atoms with Crippen LogP contribution in [0.3, 0.4) is 0 Å². The molecule has 0 unspecified atom stereocenters. The lowest BCUT2D eigenvalue weighted by Gasteiger charge is -2.11. The Balaban J connectivity index is 2.07. The molecule has 0 aliphatic heterocycles. The summed E-state index contributed by atoms with van der Waals surface area (Å²) in [7, 11) is 0. The van der Waals surface area contributed by atoms with E-state index in [9.17, 15) is 4.39 Å². The molecule has 0 amide bonds. The minimum Gasteiger partial charge on any atom is -0.492 e. The standard InChI is InChI=1S/C15H15FN2O2/c1-11(18-19)14-3-2-13(16)10-15(14)20-9-6-12-4-7-17-8-5-12/h2-5,7-8,10,19H,6,9H2,1H3. The Bertz CT molecular complexity index is 600. The van der Waals surface area contributed by atoms with Crippen LogP contribution >= 0.6 is 0 Å². The average Bonchev–Trinajstić information content (AvgIpc) is 2.48. The van der Waals surface area contributed by atoms with Crippen LogP contribution in [0.25, 0.3) is 0 Å². The number of benzene rings is 1. The fourth-order valence-corrected chi connectivity index (χ4v) is 1.80. The third-order valence-electron chi connectivity index (χ3n) is 2.88. The highest BCUT2D eigenvalue weighted by Crippen LogP contribution is 2.21. The molecular formula is C15H15FN2O2. The predicted octanol–water partition coefficient (Wildman–Crippen LogP) is 3.04. The highest BCUT2D eigenvalue weighted by molar-refractivity contribution is 6.00. The number of oxime groups is 1. The van der Waals surface area contributed by atoms with E-state index < -0.39 is 5.82 Å². The molecule has 0 radical (unpaired) electrons. The quantitative estimate of drug-likeness (QED) is 0.518. The van der Waals surface area contributed by atoms with Crippen LogP contribution in [-0.4, -0.2) is 22.5 Å². The molecule has 0 saturated heterocycles. The van der Waals surface area contributed by atoms with Gasteiger partial charge >= 0.3 is 0 Å². The first-order valence-electron chi connectivity index (χ1n) is 6.21. The molecule has 1 heterocycles. The molecule has 1 N–H and O–H groups in total. The summed E-state index contributed by atoms with van der Waals surface area (Å²) in [4.78, 5) is 3.94. The van der Waals surface area contributed by atoms with E-state index >= 15 is 0 Å². The van der Waals surface area contributed by atoms with Gasteiger partial charge in [0.15, 0.2) is 0 Å². The Morgan fingerprint density at radius 2 is 2.05 bits per heavy atom. The summed E-state index contributed by atoms with van der Waals surface area (Å²) in [5, 5.41) is 11.9. The van der Waals surface area contributed by atoms with Crippen molar-refractivity contribution in [2.75, 3.05) is 6.61 Å². The van der Waals surface area contributed by atoms with E-state index in [0.717, 1.165) is 5.56 Å². The fourth-order valence-electron chi connectivity index (χ4n) is 1.80. The third kappa shape index (κ3) is 3.54. The van der Waals surface area contributed by atoms with Crippen molar-refractivity contribution in [2.24, 2.45) is 5.16 Å². The summed E-state index contributed by atoms with van der Waals surface area (Å²) in [6.07, 6.45) is 4.12. The Morgan fingerprint density at radius 1 is 1.30 bits per heavy atom. The summed E-state index contributed by atoms with van der Waals surface area (Å²) in [5.74, 6) is -0.0206. The summed E-state index contributed by atoms with van der Waals surface area (Å²) in [6, 6.07) is 7.93. The number of nitrogens with zero attached hydrogens (tertiary/aromatic N) is 2. The zero-order valence-electron chi connectivity index (χ0n) is 11.1. The minimum absolute atomic E-state index is 0.370. The molecule has 1 aromatic heterocycles. The van der Waals surface area contributed by atoms with Gasteiger partial charge in [-0.25, -0.2) is 4.39 Å². The van der Waals surface area contributed by atoms with Gasteiger partial charge in [-0.2, -0.15) is 0 Å². The summed E-state index contributed by atoms with van der Waals surface area (Å²) < 4.78 is 18.9. The van der Waals surface area contributed by atoms with Crippen molar-refractivity contribution in [3.8, 4) is 5.75 Å². The average molecular weight is 274 g/mol. The van der Waals surface area contributed by atoms with Crippen LogP contribution in [0.15, 0.2) is 47.9 Å². The van der Waals surface area contributed by atoms with Gasteiger partial charge in [-0.05, 0) is 36.8 Å². The van der Waals surface area contributed by atoms with E-state index in [-0.39, 0.29) is 0 Å². The van der Waals surface area contributed by atoms with Crippen LogP contribution in [0.4, 0.5) is 4.39 Å². The van der Waals surface area contributed by atoms with Gasteiger partial charge in [0.1, 0.15) is 11.6 Å². The summed E-state index contributed by atoms with van der Waals surface area (Å²) in [6.45, 7) is 2.03. The van der Waals surface area contributed by atoms with Crippen molar-refractivity contribution in [3.05, 3.63) is 59.7 Å². The highest BCUT2D eigenvalue weighted by Gasteiger charge is 2.09. The maximum absolute atomic E-state index is 13.3.